The molecule has 0 spiro atoms. The SMILES string of the molecule is CC(=O)CC[C@H]1CN(c2ccc(-c3ccc(CN4CCS(=O)CC4)cc3)c(F)c2)C(=O)O1. The van der Waals surface area contributed by atoms with Gasteiger partial charge in [0.2, 0.25) is 0 Å². The van der Waals surface area contributed by atoms with Crippen LogP contribution in [0, 0.1) is 5.82 Å². The quantitative estimate of drug-likeness (QED) is 0.632. The summed E-state index contributed by atoms with van der Waals surface area (Å²) in [5.74, 6) is 1.08. The van der Waals surface area contributed by atoms with Crippen molar-refractivity contribution >= 4 is 28.4 Å². The summed E-state index contributed by atoms with van der Waals surface area (Å²) in [6, 6.07) is 12.5. The van der Waals surface area contributed by atoms with Crippen molar-refractivity contribution in [2.75, 3.05) is 36.0 Å². The van der Waals surface area contributed by atoms with E-state index >= 15 is 0 Å². The van der Waals surface area contributed by atoms with Gasteiger partial charge in [-0.2, -0.15) is 0 Å². The molecule has 32 heavy (non-hydrogen) atoms. The van der Waals surface area contributed by atoms with Crippen LogP contribution in [0.3, 0.4) is 0 Å². The average molecular weight is 459 g/mol. The first kappa shape index (κ1) is 22.6. The van der Waals surface area contributed by atoms with Gasteiger partial charge in [-0.1, -0.05) is 24.3 Å². The van der Waals surface area contributed by atoms with E-state index < -0.39 is 22.7 Å². The van der Waals surface area contributed by atoms with Crippen LogP contribution in [-0.2, 0) is 26.9 Å². The van der Waals surface area contributed by atoms with Gasteiger partial charge in [0.05, 0.1) is 12.2 Å². The van der Waals surface area contributed by atoms with Gasteiger partial charge in [0, 0.05) is 53.9 Å². The average Bonchev–Trinajstić information content (AvgIpc) is 3.15. The number of amides is 1. The van der Waals surface area contributed by atoms with E-state index in [-0.39, 0.29) is 11.9 Å². The number of hydrogen-bond acceptors (Lipinski definition) is 5. The Morgan fingerprint density at radius 2 is 1.88 bits per heavy atom. The minimum absolute atomic E-state index is 0.0493. The molecule has 1 amide bonds. The summed E-state index contributed by atoms with van der Waals surface area (Å²) in [7, 11) is -0.690. The Kier molecular flexibility index (Phi) is 7.01. The summed E-state index contributed by atoms with van der Waals surface area (Å²) in [5, 5.41) is 0. The molecule has 0 aliphatic carbocycles. The molecule has 2 heterocycles. The number of hydrogen-bond donors (Lipinski definition) is 0. The van der Waals surface area contributed by atoms with Crippen molar-refractivity contribution in [3.8, 4) is 11.1 Å². The van der Waals surface area contributed by atoms with Gasteiger partial charge in [-0.25, -0.2) is 9.18 Å². The minimum atomic E-state index is -0.690. The zero-order chi connectivity index (χ0) is 22.7. The highest BCUT2D eigenvalue weighted by atomic mass is 32.2. The van der Waals surface area contributed by atoms with E-state index in [9.17, 15) is 18.2 Å². The maximum Gasteiger partial charge on any atom is 0.414 e. The fourth-order valence-corrected chi connectivity index (χ4v) is 5.16. The number of cyclic esters (lactones) is 1. The fraction of sp³-hybridized carbons (Fsp3) is 0.417. The second kappa shape index (κ2) is 9.92. The summed E-state index contributed by atoms with van der Waals surface area (Å²) >= 11 is 0. The van der Waals surface area contributed by atoms with E-state index in [1.165, 1.54) is 17.9 Å². The van der Waals surface area contributed by atoms with Crippen LogP contribution in [0.25, 0.3) is 11.1 Å². The van der Waals surface area contributed by atoms with Crippen molar-refractivity contribution in [3.63, 3.8) is 0 Å². The molecule has 0 radical (unpaired) electrons. The topological polar surface area (TPSA) is 66.9 Å². The lowest BCUT2D eigenvalue weighted by Gasteiger charge is -2.26. The molecular formula is C24H27FN2O4S. The summed E-state index contributed by atoms with van der Waals surface area (Å²) in [6.45, 7) is 4.27. The molecule has 2 saturated heterocycles. The van der Waals surface area contributed by atoms with Crippen LogP contribution in [0.5, 0.6) is 0 Å². The van der Waals surface area contributed by atoms with Gasteiger partial charge in [-0.15, -0.1) is 0 Å². The molecule has 1 atom stereocenters. The number of ketones is 1. The van der Waals surface area contributed by atoms with E-state index in [0.29, 0.717) is 30.6 Å². The predicted molar refractivity (Wildman–Crippen MR) is 123 cm³/mol. The third-order valence-corrected chi connectivity index (χ3v) is 7.17. The number of halogens is 1. The molecule has 8 heteroatoms. The standard InChI is InChI=1S/C24H27FN2O4S/c1-17(28)2-8-21-16-27(24(29)31-21)20-7-9-22(23(25)14-20)19-5-3-18(4-6-19)15-26-10-12-32(30)13-11-26/h3-7,9,14,21H,2,8,10-13,15-16H2,1H3/t21-/m0/s1. The lowest BCUT2D eigenvalue weighted by Crippen LogP contribution is -2.37. The van der Waals surface area contributed by atoms with Gasteiger partial charge in [0.15, 0.2) is 0 Å². The third kappa shape index (κ3) is 5.42. The van der Waals surface area contributed by atoms with E-state index in [0.717, 1.165) is 42.3 Å². The molecule has 0 saturated carbocycles. The highest BCUT2D eigenvalue weighted by Gasteiger charge is 2.32. The number of carbonyl (C=O) groups excluding carboxylic acids is 2. The Bertz CT molecular complexity index is 1020. The Hall–Kier alpha value is -2.58. The third-order valence-electron chi connectivity index (χ3n) is 5.90. The molecule has 4 rings (SSSR count). The first-order chi connectivity index (χ1) is 15.4. The van der Waals surface area contributed by atoms with Crippen LogP contribution in [0.15, 0.2) is 42.5 Å². The van der Waals surface area contributed by atoms with Crippen LogP contribution < -0.4 is 4.90 Å². The molecular weight excluding hydrogens is 431 g/mol. The number of carbonyl (C=O) groups is 2. The molecule has 2 aliphatic rings. The highest BCUT2D eigenvalue weighted by Crippen LogP contribution is 2.30. The first-order valence-electron chi connectivity index (χ1n) is 10.8. The Morgan fingerprint density at radius 3 is 2.53 bits per heavy atom. The molecule has 170 valence electrons. The second-order valence-electron chi connectivity index (χ2n) is 8.34. The maximum atomic E-state index is 14.9. The Labute approximate surface area is 189 Å². The molecule has 2 aromatic carbocycles. The molecule has 2 fully saturated rings. The molecule has 2 aromatic rings. The molecule has 0 N–H and O–H groups in total. The van der Waals surface area contributed by atoms with Gasteiger partial charge >= 0.3 is 6.09 Å². The van der Waals surface area contributed by atoms with Crippen molar-refractivity contribution in [1.82, 2.24) is 4.90 Å². The Balaban J connectivity index is 1.41. The zero-order valence-corrected chi connectivity index (χ0v) is 18.9. The number of Topliss-reactive ketones (excluding diaryl/α,β-unsaturated/α-hetero) is 1. The lowest BCUT2D eigenvalue weighted by atomic mass is 10.0. The highest BCUT2D eigenvalue weighted by molar-refractivity contribution is 7.85. The van der Waals surface area contributed by atoms with Gasteiger partial charge in [-0.05, 0) is 42.7 Å². The van der Waals surface area contributed by atoms with Crippen molar-refractivity contribution < 1.29 is 22.9 Å². The van der Waals surface area contributed by atoms with Crippen molar-refractivity contribution in [1.29, 1.82) is 0 Å². The smallest absolute Gasteiger partial charge is 0.414 e. The normalized spacial score (nSPS) is 19.9. The summed E-state index contributed by atoms with van der Waals surface area (Å²) in [6.07, 6.45) is -0.0512. The van der Waals surface area contributed by atoms with Gasteiger partial charge in [0.1, 0.15) is 17.7 Å². The van der Waals surface area contributed by atoms with Crippen LogP contribution in [0.4, 0.5) is 14.9 Å². The molecule has 6 nitrogen and oxygen atoms in total. The number of benzene rings is 2. The fourth-order valence-electron chi connectivity index (χ4n) is 4.03. The predicted octanol–water partition coefficient (Wildman–Crippen LogP) is 3.75. The molecule has 0 bridgehead atoms. The van der Waals surface area contributed by atoms with Gasteiger partial charge < -0.3 is 9.53 Å². The molecule has 0 aromatic heterocycles. The first-order valence-corrected chi connectivity index (χ1v) is 12.3. The van der Waals surface area contributed by atoms with Gasteiger partial charge in [-0.3, -0.25) is 14.0 Å². The minimum Gasteiger partial charge on any atom is -0.444 e. The van der Waals surface area contributed by atoms with E-state index in [1.54, 1.807) is 12.1 Å². The number of anilines is 1. The Morgan fingerprint density at radius 1 is 1.16 bits per heavy atom. The van der Waals surface area contributed by atoms with E-state index in [4.69, 9.17) is 4.74 Å². The number of rotatable bonds is 7. The van der Waals surface area contributed by atoms with Crippen molar-refractivity contribution in [3.05, 3.63) is 53.8 Å². The van der Waals surface area contributed by atoms with Gasteiger partial charge in [0.25, 0.3) is 0 Å². The van der Waals surface area contributed by atoms with Crippen LogP contribution >= 0.6 is 0 Å². The zero-order valence-electron chi connectivity index (χ0n) is 18.1. The number of ether oxygens (including phenoxy) is 1. The molecule has 2 aliphatic heterocycles. The second-order valence-corrected chi connectivity index (χ2v) is 10.0. The summed E-state index contributed by atoms with van der Waals surface area (Å²) in [4.78, 5) is 27.0. The number of nitrogens with zero attached hydrogens (tertiary/aromatic N) is 2. The van der Waals surface area contributed by atoms with Crippen LogP contribution in [-0.4, -0.2) is 58.2 Å². The van der Waals surface area contributed by atoms with Crippen LogP contribution in [0.2, 0.25) is 0 Å². The molecule has 0 unspecified atom stereocenters. The van der Waals surface area contributed by atoms with Crippen molar-refractivity contribution in [2.45, 2.75) is 32.4 Å². The van der Waals surface area contributed by atoms with E-state index in [2.05, 4.69) is 4.90 Å². The lowest BCUT2D eigenvalue weighted by molar-refractivity contribution is -0.117. The maximum absolute atomic E-state index is 14.9. The monoisotopic (exact) mass is 458 g/mol. The largest absolute Gasteiger partial charge is 0.444 e. The summed E-state index contributed by atoms with van der Waals surface area (Å²) in [5.41, 5.74) is 2.81. The van der Waals surface area contributed by atoms with Crippen molar-refractivity contribution in [2.24, 2.45) is 0 Å². The summed E-state index contributed by atoms with van der Waals surface area (Å²) < 4.78 is 31.7. The van der Waals surface area contributed by atoms with E-state index in [1.807, 2.05) is 24.3 Å². The van der Waals surface area contributed by atoms with Crippen LogP contribution in [0.1, 0.15) is 25.3 Å².